The summed E-state index contributed by atoms with van der Waals surface area (Å²) >= 11 is 0. The van der Waals surface area contributed by atoms with Gasteiger partial charge < -0.3 is 10.6 Å². The summed E-state index contributed by atoms with van der Waals surface area (Å²) in [5.74, 6) is -0.967. The highest BCUT2D eigenvalue weighted by Crippen LogP contribution is 2.24. The van der Waals surface area contributed by atoms with Gasteiger partial charge in [0.15, 0.2) is 0 Å². The molecule has 3 aromatic rings. The van der Waals surface area contributed by atoms with Gasteiger partial charge in [0.1, 0.15) is 6.04 Å². The lowest BCUT2D eigenvalue weighted by Gasteiger charge is -2.22. The zero-order valence-corrected chi connectivity index (χ0v) is 20.5. The number of carbonyl (C=O) groups excluding carboxylic acids is 2. The van der Waals surface area contributed by atoms with E-state index in [1.807, 2.05) is 32.9 Å². The molecular weight excluding hydrogens is 450 g/mol. The molecule has 0 aliphatic heterocycles. The Morgan fingerprint density at radius 3 is 2.21 bits per heavy atom. The molecular formula is C26H29N3O4S. The van der Waals surface area contributed by atoms with Crippen molar-refractivity contribution in [1.29, 1.82) is 0 Å². The quantitative estimate of drug-likeness (QED) is 0.506. The fraction of sp³-hybridized carbons (Fsp3) is 0.231. The maximum atomic E-state index is 13.1. The summed E-state index contributed by atoms with van der Waals surface area (Å²) in [5, 5.41) is 5.53. The van der Waals surface area contributed by atoms with Crippen molar-refractivity contribution in [3.8, 4) is 0 Å². The highest BCUT2D eigenvalue weighted by Gasteiger charge is 2.26. The minimum atomic E-state index is -3.83. The molecule has 2 N–H and O–H groups in total. The minimum Gasteiger partial charge on any atom is -0.340 e. The average molecular weight is 480 g/mol. The first kappa shape index (κ1) is 25.0. The summed E-state index contributed by atoms with van der Waals surface area (Å²) < 4.78 is 27.4. The molecule has 0 spiro atoms. The van der Waals surface area contributed by atoms with Crippen LogP contribution in [0.4, 0.5) is 11.4 Å². The van der Waals surface area contributed by atoms with E-state index in [9.17, 15) is 18.0 Å². The van der Waals surface area contributed by atoms with Crippen molar-refractivity contribution in [3.63, 3.8) is 0 Å². The fourth-order valence-corrected chi connectivity index (χ4v) is 4.68. The minimum absolute atomic E-state index is 0.0431. The van der Waals surface area contributed by atoms with Crippen LogP contribution in [-0.2, 0) is 14.8 Å². The number of carbonyl (C=O) groups is 2. The van der Waals surface area contributed by atoms with E-state index in [0.29, 0.717) is 16.9 Å². The molecule has 0 heterocycles. The maximum absolute atomic E-state index is 13.1. The first-order valence-corrected chi connectivity index (χ1v) is 12.4. The van der Waals surface area contributed by atoms with Crippen molar-refractivity contribution in [1.82, 2.24) is 5.32 Å². The van der Waals surface area contributed by atoms with Crippen LogP contribution in [0.25, 0.3) is 0 Å². The predicted octanol–water partition coefficient (Wildman–Crippen LogP) is 4.21. The van der Waals surface area contributed by atoms with Gasteiger partial charge in [-0.3, -0.25) is 13.9 Å². The number of benzene rings is 3. The van der Waals surface area contributed by atoms with Gasteiger partial charge in [-0.15, -0.1) is 0 Å². The van der Waals surface area contributed by atoms with Crippen LogP contribution in [0.1, 0.15) is 29.8 Å². The highest BCUT2D eigenvalue weighted by atomic mass is 32.2. The third-order valence-corrected chi connectivity index (χ3v) is 7.18. The van der Waals surface area contributed by atoms with Gasteiger partial charge >= 0.3 is 0 Å². The van der Waals surface area contributed by atoms with Crippen LogP contribution in [0, 0.1) is 12.8 Å². The molecule has 34 heavy (non-hydrogen) atoms. The molecule has 2 amide bonds. The van der Waals surface area contributed by atoms with E-state index >= 15 is 0 Å². The lowest BCUT2D eigenvalue weighted by Crippen LogP contribution is -2.47. The number of anilines is 2. The maximum Gasteiger partial charge on any atom is 0.264 e. The standard InChI is InChI=1S/C26H29N3O4S/c1-18(2)24(28-25(30)20-11-8-10-19(3)16-20)26(31)27-21-12-9-15-23(17-21)34(32,33)29(4)22-13-6-5-7-14-22/h5-18,24H,1-4H3,(H,27,31)(H,28,30)/t24-/m0/s1. The fourth-order valence-electron chi connectivity index (χ4n) is 3.43. The van der Waals surface area contributed by atoms with E-state index < -0.39 is 22.0 Å². The van der Waals surface area contributed by atoms with Gasteiger partial charge in [0.25, 0.3) is 15.9 Å². The Morgan fingerprint density at radius 1 is 0.882 bits per heavy atom. The number of hydrogen-bond acceptors (Lipinski definition) is 4. The number of hydrogen-bond donors (Lipinski definition) is 2. The van der Waals surface area contributed by atoms with Gasteiger partial charge in [-0.2, -0.15) is 0 Å². The molecule has 0 fully saturated rings. The molecule has 0 aliphatic rings. The van der Waals surface area contributed by atoms with Gasteiger partial charge in [-0.1, -0.05) is 55.8 Å². The van der Waals surface area contributed by atoms with Crippen molar-refractivity contribution >= 4 is 33.2 Å². The number of para-hydroxylation sites is 1. The lowest BCUT2D eigenvalue weighted by molar-refractivity contribution is -0.118. The highest BCUT2D eigenvalue weighted by molar-refractivity contribution is 7.92. The molecule has 3 aromatic carbocycles. The monoisotopic (exact) mass is 479 g/mol. The second-order valence-electron chi connectivity index (χ2n) is 8.39. The Morgan fingerprint density at radius 2 is 1.56 bits per heavy atom. The van der Waals surface area contributed by atoms with Crippen molar-refractivity contribution in [2.45, 2.75) is 31.7 Å². The third-order valence-electron chi connectivity index (χ3n) is 5.40. The zero-order valence-electron chi connectivity index (χ0n) is 19.6. The molecule has 0 unspecified atom stereocenters. The summed E-state index contributed by atoms with van der Waals surface area (Å²) in [6.07, 6.45) is 0. The second kappa shape index (κ2) is 10.5. The number of aryl methyl sites for hydroxylation is 1. The van der Waals surface area contributed by atoms with E-state index in [1.165, 1.54) is 23.5 Å². The van der Waals surface area contributed by atoms with Gasteiger partial charge in [0.2, 0.25) is 5.91 Å². The van der Waals surface area contributed by atoms with Crippen LogP contribution >= 0.6 is 0 Å². The van der Waals surface area contributed by atoms with E-state index in [0.717, 1.165) is 5.56 Å². The average Bonchev–Trinajstić information content (AvgIpc) is 2.82. The second-order valence-corrected chi connectivity index (χ2v) is 10.4. The van der Waals surface area contributed by atoms with Crippen LogP contribution < -0.4 is 14.9 Å². The molecule has 8 heteroatoms. The smallest absolute Gasteiger partial charge is 0.264 e. The van der Waals surface area contributed by atoms with E-state index in [-0.39, 0.29) is 16.7 Å². The number of amides is 2. The van der Waals surface area contributed by atoms with Crippen molar-refractivity contribution in [2.24, 2.45) is 5.92 Å². The molecule has 7 nitrogen and oxygen atoms in total. The first-order valence-electron chi connectivity index (χ1n) is 10.9. The number of sulfonamides is 1. The summed E-state index contributed by atoms with van der Waals surface area (Å²) in [6, 6.07) is 21.1. The van der Waals surface area contributed by atoms with Crippen LogP contribution in [-0.4, -0.2) is 33.3 Å². The predicted molar refractivity (Wildman–Crippen MR) is 134 cm³/mol. The Labute approximate surface area is 200 Å². The first-order chi connectivity index (χ1) is 16.1. The molecule has 1 atom stereocenters. The van der Waals surface area contributed by atoms with Crippen molar-refractivity contribution < 1.29 is 18.0 Å². The van der Waals surface area contributed by atoms with E-state index in [1.54, 1.807) is 54.6 Å². The Balaban J connectivity index is 1.78. The molecule has 0 saturated carbocycles. The number of nitrogens with zero attached hydrogens (tertiary/aromatic N) is 1. The molecule has 0 aromatic heterocycles. The van der Waals surface area contributed by atoms with E-state index in [4.69, 9.17) is 0 Å². The van der Waals surface area contributed by atoms with Crippen molar-refractivity contribution in [3.05, 3.63) is 90.0 Å². The van der Waals surface area contributed by atoms with Gasteiger partial charge in [0, 0.05) is 18.3 Å². The normalized spacial score (nSPS) is 12.1. The van der Waals surface area contributed by atoms with Crippen LogP contribution in [0.15, 0.2) is 83.8 Å². The summed E-state index contributed by atoms with van der Waals surface area (Å²) in [6.45, 7) is 5.55. The van der Waals surface area contributed by atoms with Crippen LogP contribution in [0.5, 0.6) is 0 Å². The van der Waals surface area contributed by atoms with E-state index in [2.05, 4.69) is 10.6 Å². The Kier molecular flexibility index (Phi) is 7.73. The summed E-state index contributed by atoms with van der Waals surface area (Å²) in [7, 11) is -2.36. The number of rotatable bonds is 8. The van der Waals surface area contributed by atoms with Gasteiger partial charge in [-0.25, -0.2) is 8.42 Å². The Hall–Kier alpha value is -3.65. The zero-order chi connectivity index (χ0) is 24.9. The summed E-state index contributed by atoms with van der Waals surface area (Å²) in [5.41, 5.74) is 2.26. The lowest BCUT2D eigenvalue weighted by atomic mass is 10.0. The van der Waals surface area contributed by atoms with Gasteiger partial charge in [0.05, 0.1) is 10.6 Å². The summed E-state index contributed by atoms with van der Waals surface area (Å²) in [4.78, 5) is 25.7. The molecule has 0 saturated heterocycles. The van der Waals surface area contributed by atoms with Crippen molar-refractivity contribution in [2.75, 3.05) is 16.7 Å². The number of nitrogens with one attached hydrogen (secondary N) is 2. The Bertz CT molecular complexity index is 1270. The molecule has 178 valence electrons. The molecule has 0 radical (unpaired) electrons. The van der Waals surface area contributed by atoms with Crippen LogP contribution in [0.3, 0.4) is 0 Å². The molecule has 0 bridgehead atoms. The topological polar surface area (TPSA) is 95.6 Å². The molecule has 0 aliphatic carbocycles. The largest absolute Gasteiger partial charge is 0.340 e. The van der Waals surface area contributed by atoms with Gasteiger partial charge in [-0.05, 0) is 55.3 Å². The SMILES string of the molecule is Cc1cccc(C(=O)N[C@H](C(=O)Nc2cccc(S(=O)(=O)N(C)c3ccccc3)c2)C(C)C)c1. The molecule has 3 rings (SSSR count). The van der Waals surface area contributed by atoms with Crippen LogP contribution in [0.2, 0.25) is 0 Å². The third kappa shape index (κ3) is 5.82.